The van der Waals surface area contributed by atoms with Crippen molar-refractivity contribution in [1.29, 1.82) is 0 Å². The zero-order chi connectivity index (χ0) is 13.1. The second-order valence-electron chi connectivity index (χ2n) is 5.54. The van der Waals surface area contributed by atoms with Crippen LogP contribution in [0.3, 0.4) is 0 Å². The van der Waals surface area contributed by atoms with E-state index in [-0.39, 0.29) is 6.10 Å². The van der Waals surface area contributed by atoms with Crippen LogP contribution in [0.5, 0.6) is 0 Å². The molecule has 0 saturated carbocycles. The predicted octanol–water partition coefficient (Wildman–Crippen LogP) is 3.60. The summed E-state index contributed by atoms with van der Waals surface area (Å²) in [7, 11) is 0. The topological polar surface area (TPSA) is 29.5 Å². The number of hydrogen-bond donors (Lipinski definition) is 1. The Hall–Kier alpha value is -0.860. The molecule has 1 aliphatic heterocycles. The Morgan fingerprint density at radius 2 is 1.94 bits per heavy atom. The van der Waals surface area contributed by atoms with Crippen LogP contribution in [0, 0.1) is 20.8 Å². The van der Waals surface area contributed by atoms with Gasteiger partial charge in [-0.25, -0.2) is 0 Å². The van der Waals surface area contributed by atoms with Crippen LogP contribution in [0.15, 0.2) is 12.1 Å². The summed E-state index contributed by atoms with van der Waals surface area (Å²) in [5.41, 5.74) is 4.78. The van der Waals surface area contributed by atoms with E-state index in [1.54, 1.807) is 0 Å². The second kappa shape index (κ2) is 5.85. The molecule has 1 aromatic rings. The maximum Gasteiger partial charge on any atom is 0.0796 e. The summed E-state index contributed by atoms with van der Waals surface area (Å²) >= 11 is 0. The highest BCUT2D eigenvalue weighted by Gasteiger charge is 2.19. The summed E-state index contributed by atoms with van der Waals surface area (Å²) in [5, 5.41) is 10.4. The molecule has 1 saturated heterocycles. The van der Waals surface area contributed by atoms with Crippen molar-refractivity contribution in [2.24, 2.45) is 0 Å². The average Bonchev–Trinajstić information content (AvgIpc) is 2.77. The van der Waals surface area contributed by atoms with Gasteiger partial charge in [0, 0.05) is 6.61 Å². The number of hydrogen-bond acceptors (Lipinski definition) is 2. The van der Waals surface area contributed by atoms with E-state index in [1.807, 2.05) is 0 Å². The van der Waals surface area contributed by atoms with Crippen molar-refractivity contribution in [1.82, 2.24) is 0 Å². The van der Waals surface area contributed by atoms with Gasteiger partial charge in [0.1, 0.15) is 0 Å². The Morgan fingerprint density at radius 3 is 2.50 bits per heavy atom. The first-order valence-electron chi connectivity index (χ1n) is 6.95. The van der Waals surface area contributed by atoms with Crippen LogP contribution in [0.25, 0.3) is 0 Å². The van der Waals surface area contributed by atoms with Gasteiger partial charge in [0.15, 0.2) is 0 Å². The minimum Gasteiger partial charge on any atom is -0.388 e. The van der Waals surface area contributed by atoms with Crippen LogP contribution in [-0.4, -0.2) is 17.8 Å². The fourth-order valence-corrected chi connectivity index (χ4v) is 3.08. The number of rotatable bonds is 4. The third kappa shape index (κ3) is 3.12. The van der Waals surface area contributed by atoms with Gasteiger partial charge in [0.05, 0.1) is 12.2 Å². The molecule has 2 unspecified atom stereocenters. The van der Waals surface area contributed by atoms with Crippen molar-refractivity contribution in [2.45, 2.75) is 58.7 Å². The van der Waals surface area contributed by atoms with Crippen LogP contribution in [0.4, 0.5) is 0 Å². The Bertz CT molecular complexity index is 383. The zero-order valence-electron chi connectivity index (χ0n) is 11.7. The summed E-state index contributed by atoms with van der Waals surface area (Å²) in [6.45, 7) is 7.17. The van der Waals surface area contributed by atoms with E-state index in [0.717, 1.165) is 31.4 Å². The normalized spacial score (nSPS) is 21.2. The Labute approximate surface area is 110 Å². The van der Waals surface area contributed by atoms with E-state index in [2.05, 4.69) is 32.9 Å². The molecule has 1 aliphatic rings. The van der Waals surface area contributed by atoms with Crippen molar-refractivity contribution in [3.63, 3.8) is 0 Å². The average molecular weight is 248 g/mol. The summed E-state index contributed by atoms with van der Waals surface area (Å²) < 4.78 is 5.61. The van der Waals surface area contributed by atoms with Crippen molar-refractivity contribution >= 4 is 0 Å². The molecule has 1 aromatic carbocycles. The fraction of sp³-hybridized carbons (Fsp3) is 0.625. The molecule has 2 nitrogen and oxygen atoms in total. The van der Waals surface area contributed by atoms with Gasteiger partial charge in [-0.1, -0.05) is 17.7 Å². The van der Waals surface area contributed by atoms with E-state index in [4.69, 9.17) is 4.74 Å². The third-order valence-corrected chi connectivity index (χ3v) is 3.86. The molecule has 100 valence electrons. The highest BCUT2D eigenvalue weighted by Crippen LogP contribution is 2.28. The summed E-state index contributed by atoms with van der Waals surface area (Å²) in [5.74, 6) is 0. The minimum atomic E-state index is -0.352. The lowest BCUT2D eigenvalue weighted by atomic mass is 9.92. The Balaban J connectivity index is 2.01. The highest BCUT2D eigenvalue weighted by molar-refractivity contribution is 5.38. The van der Waals surface area contributed by atoms with Crippen molar-refractivity contribution in [3.05, 3.63) is 34.4 Å². The van der Waals surface area contributed by atoms with Crippen LogP contribution >= 0.6 is 0 Å². The molecule has 1 heterocycles. The highest BCUT2D eigenvalue weighted by atomic mass is 16.5. The molecular formula is C16H24O2. The molecule has 1 fully saturated rings. The predicted molar refractivity (Wildman–Crippen MR) is 73.8 cm³/mol. The molecule has 1 N–H and O–H groups in total. The quantitative estimate of drug-likeness (QED) is 0.882. The number of ether oxygens (including phenoxy) is 1. The number of benzene rings is 1. The smallest absolute Gasteiger partial charge is 0.0796 e. The first kappa shape index (κ1) is 13.6. The van der Waals surface area contributed by atoms with Crippen LogP contribution in [-0.2, 0) is 4.74 Å². The fourth-order valence-electron chi connectivity index (χ4n) is 3.08. The summed E-state index contributed by atoms with van der Waals surface area (Å²) in [4.78, 5) is 0. The minimum absolute atomic E-state index is 0.352. The van der Waals surface area contributed by atoms with E-state index in [0.29, 0.717) is 6.10 Å². The van der Waals surface area contributed by atoms with Crippen LogP contribution < -0.4 is 0 Å². The molecule has 0 aromatic heterocycles. The van der Waals surface area contributed by atoms with Crippen molar-refractivity contribution in [3.8, 4) is 0 Å². The molecule has 2 heteroatoms. The summed E-state index contributed by atoms with van der Waals surface area (Å²) in [6.07, 6.45) is 4.10. The molecule has 2 atom stereocenters. The molecule has 2 rings (SSSR count). The lowest BCUT2D eigenvalue weighted by molar-refractivity contribution is 0.0809. The van der Waals surface area contributed by atoms with Gasteiger partial charge >= 0.3 is 0 Å². The summed E-state index contributed by atoms with van der Waals surface area (Å²) in [6, 6.07) is 4.30. The lowest BCUT2D eigenvalue weighted by Gasteiger charge is -2.19. The van der Waals surface area contributed by atoms with Crippen LogP contribution in [0.1, 0.15) is 54.0 Å². The number of aliphatic hydroxyl groups excluding tert-OH is 1. The van der Waals surface area contributed by atoms with Gasteiger partial charge in [0.25, 0.3) is 0 Å². The molecule has 0 amide bonds. The first-order chi connectivity index (χ1) is 8.58. The van der Waals surface area contributed by atoms with Crippen LogP contribution in [0.2, 0.25) is 0 Å². The molecule has 0 bridgehead atoms. The SMILES string of the molecule is Cc1cc(C)c(C(O)CCC2CCCO2)c(C)c1. The van der Waals surface area contributed by atoms with Crippen molar-refractivity contribution < 1.29 is 9.84 Å². The lowest BCUT2D eigenvalue weighted by Crippen LogP contribution is -2.10. The van der Waals surface area contributed by atoms with E-state index >= 15 is 0 Å². The van der Waals surface area contributed by atoms with E-state index < -0.39 is 0 Å². The molecular weight excluding hydrogens is 224 g/mol. The van der Waals surface area contributed by atoms with Gasteiger partial charge < -0.3 is 9.84 Å². The zero-order valence-corrected chi connectivity index (χ0v) is 11.7. The first-order valence-corrected chi connectivity index (χ1v) is 6.95. The second-order valence-corrected chi connectivity index (χ2v) is 5.54. The molecule has 0 spiro atoms. The molecule has 0 radical (unpaired) electrons. The van der Waals surface area contributed by atoms with Gasteiger partial charge in [-0.15, -0.1) is 0 Å². The Morgan fingerprint density at radius 1 is 1.28 bits per heavy atom. The van der Waals surface area contributed by atoms with E-state index in [9.17, 15) is 5.11 Å². The standard InChI is InChI=1S/C16H24O2/c1-11-9-12(2)16(13(3)10-11)15(17)7-6-14-5-4-8-18-14/h9-10,14-15,17H,4-8H2,1-3H3. The maximum absolute atomic E-state index is 10.4. The third-order valence-electron chi connectivity index (χ3n) is 3.86. The maximum atomic E-state index is 10.4. The van der Waals surface area contributed by atoms with Crippen molar-refractivity contribution in [2.75, 3.05) is 6.61 Å². The number of aliphatic hydroxyl groups is 1. The number of aryl methyl sites for hydroxylation is 3. The van der Waals surface area contributed by atoms with Gasteiger partial charge in [-0.05, 0) is 63.1 Å². The Kier molecular flexibility index (Phi) is 4.41. The molecule has 0 aliphatic carbocycles. The molecule has 18 heavy (non-hydrogen) atoms. The van der Waals surface area contributed by atoms with Gasteiger partial charge in [-0.2, -0.15) is 0 Å². The van der Waals surface area contributed by atoms with Gasteiger partial charge in [-0.3, -0.25) is 0 Å². The van der Waals surface area contributed by atoms with Gasteiger partial charge in [0.2, 0.25) is 0 Å². The largest absolute Gasteiger partial charge is 0.388 e. The monoisotopic (exact) mass is 248 g/mol. The van der Waals surface area contributed by atoms with E-state index in [1.165, 1.54) is 23.1 Å².